The van der Waals surface area contributed by atoms with E-state index in [1.54, 1.807) is 18.2 Å². The molecule has 0 atom stereocenters. The standard InChI is InChI=1S/C17H18Cl2N2O/c1-3-12-6-4-5-11(2)17(12)21-16(22)10-20-15-8-7-13(18)9-14(15)19/h4-9,20H,3,10H2,1-2H3,(H,21,22). The molecular weight excluding hydrogens is 319 g/mol. The number of amides is 1. The van der Waals surface area contributed by atoms with Gasteiger partial charge in [0.15, 0.2) is 0 Å². The number of anilines is 2. The summed E-state index contributed by atoms with van der Waals surface area (Å²) in [6.45, 7) is 4.19. The van der Waals surface area contributed by atoms with Gasteiger partial charge in [-0.2, -0.15) is 0 Å². The summed E-state index contributed by atoms with van der Waals surface area (Å²) in [5.41, 5.74) is 3.75. The van der Waals surface area contributed by atoms with Crippen molar-refractivity contribution in [2.45, 2.75) is 20.3 Å². The van der Waals surface area contributed by atoms with Crippen LogP contribution in [0.25, 0.3) is 0 Å². The second kappa shape index (κ2) is 7.52. The van der Waals surface area contributed by atoms with E-state index in [-0.39, 0.29) is 12.5 Å². The monoisotopic (exact) mass is 336 g/mol. The highest BCUT2D eigenvalue weighted by atomic mass is 35.5. The molecule has 2 N–H and O–H groups in total. The number of carbonyl (C=O) groups excluding carboxylic acids is 1. The molecule has 2 rings (SSSR count). The van der Waals surface area contributed by atoms with E-state index >= 15 is 0 Å². The van der Waals surface area contributed by atoms with Gasteiger partial charge in [-0.15, -0.1) is 0 Å². The Morgan fingerprint density at radius 2 is 1.95 bits per heavy atom. The van der Waals surface area contributed by atoms with E-state index < -0.39 is 0 Å². The predicted octanol–water partition coefficient (Wildman–Crippen LogP) is 4.91. The molecule has 0 radical (unpaired) electrons. The number of para-hydroxylation sites is 1. The van der Waals surface area contributed by atoms with E-state index in [0.717, 1.165) is 23.2 Å². The van der Waals surface area contributed by atoms with Crippen LogP contribution in [0.4, 0.5) is 11.4 Å². The molecule has 0 fully saturated rings. The fraction of sp³-hybridized carbons (Fsp3) is 0.235. The first-order valence-corrected chi connectivity index (χ1v) is 7.84. The van der Waals surface area contributed by atoms with Gasteiger partial charge in [-0.05, 0) is 42.7 Å². The predicted molar refractivity (Wildman–Crippen MR) is 94.1 cm³/mol. The summed E-state index contributed by atoms with van der Waals surface area (Å²) in [4.78, 5) is 12.1. The van der Waals surface area contributed by atoms with Gasteiger partial charge >= 0.3 is 0 Å². The molecule has 0 saturated heterocycles. The van der Waals surface area contributed by atoms with Crippen LogP contribution in [0.1, 0.15) is 18.1 Å². The summed E-state index contributed by atoms with van der Waals surface area (Å²) in [6.07, 6.45) is 0.869. The summed E-state index contributed by atoms with van der Waals surface area (Å²) in [7, 11) is 0. The van der Waals surface area contributed by atoms with Gasteiger partial charge in [0.1, 0.15) is 0 Å². The molecule has 0 bridgehead atoms. The number of aryl methyl sites for hydroxylation is 2. The van der Waals surface area contributed by atoms with E-state index in [2.05, 4.69) is 17.6 Å². The van der Waals surface area contributed by atoms with Crippen molar-refractivity contribution in [2.24, 2.45) is 0 Å². The van der Waals surface area contributed by atoms with Crippen molar-refractivity contribution in [1.82, 2.24) is 0 Å². The third-order valence-corrected chi connectivity index (χ3v) is 3.92. The molecule has 0 heterocycles. The summed E-state index contributed by atoms with van der Waals surface area (Å²) in [5.74, 6) is -0.116. The Morgan fingerprint density at radius 3 is 2.64 bits per heavy atom. The zero-order valence-corrected chi connectivity index (χ0v) is 14.1. The molecule has 1 amide bonds. The maximum atomic E-state index is 12.1. The lowest BCUT2D eigenvalue weighted by molar-refractivity contribution is -0.114. The largest absolute Gasteiger partial charge is 0.375 e. The topological polar surface area (TPSA) is 41.1 Å². The van der Waals surface area contributed by atoms with Crippen molar-refractivity contribution < 1.29 is 4.79 Å². The number of carbonyl (C=O) groups is 1. The number of halogens is 2. The van der Waals surface area contributed by atoms with Crippen LogP contribution in [-0.4, -0.2) is 12.5 Å². The summed E-state index contributed by atoms with van der Waals surface area (Å²) < 4.78 is 0. The lowest BCUT2D eigenvalue weighted by Crippen LogP contribution is -2.23. The Bertz CT molecular complexity index is 686. The molecule has 116 valence electrons. The van der Waals surface area contributed by atoms with Crippen LogP contribution in [0.3, 0.4) is 0 Å². The maximum Gasteiger partial charge on any atom is 0.243 e. The van der Waals surface area contributed by atoms with Gasteiger partial charge < -0.3 is 10.6 Å². The molecule has 0 aliphatic rings. The lowest BCUT2D eigenvalue weighted by atomic mass is 10.1. The van der Waals surface area contributed by atoms with Gasteiger partial charge in [0, 0.05) is 10.7 Å². The highest BCUT2D eigenvalue weighted by Crippen LogP contribution is 2.25. The van der Waals surface area contributed by atoms with Gasteiger partial charge in [0.05, 0.1) is 17.3 Å². The highest BCUT2D eigenvalue weighted by molar-refractivity contribution is 6.36. The fourth-order valence-corrected chi connectivity index (χ4v) is 2.67. The first-order chi connectivity index (χ1) is 10.5. The molecule has 0 aliphatic carbocycles. The van der Waals surface area contributed by atoms with Crippen molar-refractivity contribution in [3.8, 4) is 0 Å². The average Bonchev–Trinajstić information content (AvgIpc) is 2.48. The first-order valence-electron chi connectivity index (χ1n) is 7.08. The minimum Gasteiger partial charge on any atom is -0.375 e. The molecule has 0 aromatic heterocycles. The van der Waals surface area contributed by atoms with E-state index in [0.29, 0.717) is 15.7 Å². The number of nitrogens with one attached hydrogen (secondary N) is 2. The van der Waals surface area contributed by atoms with Gasteiger partial charge in [-0.25, -0.2) is 0 Å². The molecule has 3 nitrogen and oxygen atoms in total. The Hall–Kier alpha value is -1.71. The highest BCUT2D eigenvalue weighted by Gasteiger charge is 2.09. The van der Waals surface area contributed by atoms with Gasteiger partial charge in [0.25, 0.3) is 0 Å². The van der Waals surface area contributed by atoms with Crippen LogP contribution in [0.5, 0.6) is 0 Å². The van der Waals surface area contributed by atoms with Crippen LogP contribution < -0.4 is 10.6 Å². The molecule has 0 spiro atoms. The third-order valence-electron chi connectivity index (χ3n) is 3.37. The summed E-state index contributed by atoms with van der Waals surface area (Å²) >= 11 is 11.9. The van der Waals surface area contributed by atoms with Gasteiger partial charge in [0.2, 0.25) is 5.91 Å². The zero-order valence-electron chi connectivity index (χ0n) is 12.5. The van der Waals surface area contributed by atoms with Crippen molar-refractivity contribution >= 4 is 40.5 Å². The van der Waals surface area contributed by atoms with Gasteiger partial charge in [-0.3, -0.25) is 4.79 Å². The molecular formula is C17H18Cl2N2O. The molecule has 0 aliphatic heterocycles. The molecule has 5 heteroatoms. The third kappa shape index (κ3) is 4.15. The second-order valence-electron chi connectivity index (χ2n) is 4.99. The number of hydrogen-bond donors (Lipinski definition) is 2. The Balaban J connectivity index is 2.02. The smallest absolute Gasteiger partial charge is 0.243 e. The van der Waals surface area contributed by atoms with Crippen molar-refractivity contribution in [3.63, 3.8) is 0 Å². The second-order valence-corrected chi connectivity index (χ2v) is 5.83. The minimum absolute atomic E-state index is 0.116. The first kappa shape index (κ1) is 16.7. The van der Waals surface area contributed by atoms with E-state index in [4.69, 9.17) is 23.2 Å². The summed E-state index contributed by atoms with van der Waals surface area (Å²) in [5, 5.41) is 7.03. The molecule has 2 aromatic rings. The van der Waals surface area contributed by atoms with Crippen LogP contribution in [0, 0.1) is 6.92 Å². The molecule has 0 saturated carbocycles. The summed E-state index contributed by atoms with van der Waals surface area (Å²) in [6, 6.07) is 11.1. The van der Waals surface area contributed by atoms with E-state index in [9.17, 15) is 4.79 Å². The SMILES string of the molecule is CCc1cccc(C)c1NC(=O)CNc1ccc(Cl)cc1Cl. The van der Waals surface area contributed by atoms with E-state index in [1.165, 1.54) is 0 Å². The van der Waals surface area contributed by atoms with Gasteiger partial charge in [-0.1, -0.05) is 48.3 Å². The fourth-order valence-electron chi connectivity index (χ4n) is 2.19. The lowest BCUT2D eigenvalue weighted by Gasteiger charge is -2.14. The zero-order chi connectivity index (χ0) is 16.1. The Kier molecular flexibility index (Phi) is 5.69. The molecule has 22 heavy (non-hydrogen) atoms. The normalized spacial score (nSPS) is 10.4. The van der Waals surface area contributed by atoms with Crippen molar-refractivity contribution in [1.29, 1.82) is 0 Å². The number of benzene rings is 2. The average molecular weight is 337 g/mol. The van der Waals surface area contributed by atoms with Crippen molar-refractivity contribution in [2.75, 3.05) is 17.2 Å². The number of hydrogen-bond acceptors (Lipinski definition) is 2. The van der Waals surface area contributed by atoms with Crippen LogP contribution in [-0.2, 0) is 11.2 Å². The molecule has 2 aromatic carbocycles. The quantitative estimate of drug-likeness (QED) is 0.813. The van der Waals surface area contributed by atoms with Crippen molar-refractivity contribution in [3.05, 3.63) is 57.6 Å². The van der Waals surface area contributed by atoms with Crippen LogP contribution in [0.2, 0.25) is 10.0 Å². The number of rotatable bonds is 5. The van der Waals surface area contributed by atoms with Crippen LogP contribution >= 0.6 is 23.2 Å². The minimum atomic E-state index is -0.116. The van der Waals surface area contributed by atoms with Crippen LogP contribution in [0.15, 0.2) is 36.4 Å². The molecule has 0 unspecified atom stereocenters. The van der Waals surface area contributed by atoms with E-state index in [1.807, 2.05) is 25.1 Å². The Morgan fingerprint density at radius 1 is 1.18 bits per heavy atom. The maximum absolute atomic E-state index is 12.1. The Labute approximate surface area is 140 Å².